The molecule has 5 heteroatoms. The van der Waals surface area contributed by atoms with Crippen molar-refractivity contribution in [3.8, 4) is 11.4 Å². The normalized spacial score (nSPS) is 11.1. The molecule has 3 aromatic rings. The quantitative estimate of drug-likeness (QED) is 0.649. The lowest BCUT2D eigenvalue weighted by Gasteiger charge is -1.95. The Morgan fingerprint density at radius 3 is 3.00 bits per heavy atom. The van der Waals surface area contributed by atoms with Crippen molar-refractivity contribution >= 4 is 21.4 Å². The van der Waals surface area contributed by atoms with Gasteiger partial charge in [-0.15, -0.1) is 11.3 Å². The summed E-state index contributed by atoms with van der Waals surface area (Å²) in [6.07, 6.45) is 0. The largest absolute Gasteiger partial charge is 0.331 e. The molecule has 1 N–H and O–H groups in total. The average molecular weight is 231 g/mol. The van der Waals surface area contributed by atoms with Gasteiger partial charge in [0.05, 0.1) is 12.6 Å². The van der Waals surface area contributed by atoms with E-state index in [0.717, 1.165) is 11.4 Å². The Labute approximate surface area is 96.5 Å². The van der Waals surface area contributed by atoms with Gasteiger partial charge in [0.2, 0.25) is 0 Å². The van der Waals surface area contributed by atoms with Crippen LogP contribution in [-0.4, -0.2) is 15.5 Å². The summed E-state index contributed by atoms with van der Waals surface area (Å²) < 4.78 is 3.12. The Balaban J connectivity index is 2.25. The lowest BCUT2D eigenvalue weighted by molar-refractivity contribution is -0.721. The predicted octanol–water partition coefficient (Wildman–Crippen LogP) is 1.82. The summed E-state index contributed by atoms with van der Waals surface area (Å²) in [5, 5.41) is 14.1. The van der Waals surface area contributed by atoms with Gasteiger partial charge in [0.15, 0.2) is 5.21 Å². The first-order valence-corrected chi connectivity index (χ1v) is 5.89. The number of tetrazole rings is 1. The molecule has 0 atom stereocenters. The van der Waals surface area contributed by atoms with Crippen LogP contribution in [0.2, 0.25) is 0 Å². The number of benzene rings is 1. The number of aromatic nitrogens is 4. The minimum atomic E-state index is 0.854. The summed E-state index contributed by atoms with van der Waals surface area (Å²) in [6.45, 7) is 2.13. The minimum absolute atomic E-state index is 0.854. The van der Waals surface area contributed by atoms with E-state index < -0.39 is 0 Å². The highest BCUT2D eigenvalue weighted by atomic mass is 32.1. The highest BCUT2D eigenvalue weighted by molar-refractivity contribution is 7.17. The Morgan fingerprint density at radius 1 is 1.38 bits per heavy atom. The predicted molar refractivity (Wildman–Crippen MR) is 63.1 cm³/mol. The fourth-order valence-corrected chi connectivity index (χ4v) is 2.72. The molecule has 3 rings (SSSR count). The van der Waals surface area contributed by atoms with Gasteiger partial charge in [-0.2, -0.15) is 4.68 Å². The average Bonchev–Trinajstić information content (AvgIpc) is 2.86. The zero-order chi connectivity index (χ0) is 11.1. The third-order valence-electron chi connectivity index (χ3n) is 2.68. The molecule has 2 heterocycles. The van der Waals surface area contributed by atoms with E-state index in [1.807, 2.05) is 11.7 Å². The van der Waals surface area contributed by atoms with E-state index in [1.165, 1.54) is 15.6 Å². The highest BCUT2D eigenvalue weighted by Gasteiger charge is 2.14. The van der Waals surface area contributed by atoms with Gasteiger partial charge in [-0.25, -0.2) is 0 Å². The molecule has 0 fully saturated rings. The lowest BCUT2D eigenvalue weighted by Crippen LogP contribution is -2.32. The van der Waals surface area contributed by atoms with Crippen LogP contribution < -0.4 is 4.68 Å². The van der Waals surface area contributed by atoms with Crippen molar-refractivity contribution in [2.75, 3.05) is 0 Å². The molecule has 16 heavy (non-hydrogen) atoms. The zero-order valence-electron chi connectivity index (χ0n) is 9.06. The fourth-order valence-electron chi connectivity index (χ4n) is 1.80. The van der Waals surface area contributed by atoms with Crippen molar-refractivity contribution in [2.24, 2.45) is 7.05 Å². The van der Waals surface area contributed by atoms with Crippen molar-refractivity contribution in [2.45, 2.75) is 6.92 Å². The smallest absolute Gasteiger partial charge is 0.161 e. The molecular weight excluding hydrogens is 220 g/mol. The molecule has 0 amide bonds. The molecule has 0 unspecified atom stereocenters. The molecule has 80 valence electrons. The van der Waals surface area contributed by atoms with E-state index in [1.54, 1.807) is 11.3 Å². The molecule has 0 aliphatic rings. The van der Waals surface area contributed by atoms with Crippen molar-refractivity contribution < 1.29 is 4.68 Å². The SMILES string of the molecule is Cc1csc2ccc(-c3nn[nH][n+]3C)cc12. The maximum atomic E-state index is 4.07. The van der Waals surface area contributed by atoms with E-state index >= 15 is 0 Å². The number of rotatable bonds is 1. The second-order valence-corrected chi connectivity index (χ2v) is 4.72. The van der Waals surface area contributed by atoms with Gasteiger partial charge >= 0.3 is 5.82 Å². The summed E-state index contributed by atoms with van der Waals surface area (Å²) in [4.78, 5) is 0. The van der Waals surface area contributed by atoms with Crippen molar-refractivity contribution in [3.63, 3.8) is 0 Å². The second kappa shape index (κ2) is 3.38. The van der Waals surface area contributed by atoms with E-state index in [9.17, 15) is 0 Å². The number of thiophene rings is 1. The molecule has 4 nitrogen and oxygen atoms in total. The molecule has 0 bridgehead atoms. The van der Waals surface area contributed by atoms with E-state index in [4.69, 9.17) is 0 Å². The molecule has 0 saturated carbocycles. The second-order valence-electron chi connectivity index (χ2n) is 3.81. The van der Waals surface area contributed by atoms with Crippen LogP contribution in [0, 0.1) is 6.92 Å². The van der Waals surface area contributed by atoms with E-state index in [2.05, 4.69) is 46.0 Å². The molecule has 0 aliphatic carbocycles. The molecular formula is C11H11N4S+. The Kier molecular flexibility index (Phi) is 2.00. The standard InChI is InChI=1S/C11H10N4S/c1-7-6-16-10-4-3-8(5-9(7)10)11-12-13-14-15(11)2/h3-6H,1-2H3/p+1. The number of hydrogen-bond acceptors (Lipinski definition) is 3. The van der Waals surface area contributed by atoms with Gasteiger partial charge in [0.1, 0.15) is 5.10 Å². The van der Waals surface area contributed by atoms with Gasteiger partial charge in [-0.1, -0.05) is 5.21 Å². The van der Waals surface area contributed by atoms with Crippen LogP contribution in [0.3, 0.4) is 0 Å². The third kappa shape index (κ3) is 1.32. The maximum absolute atomic E-state index is 4.07. The van der Waals surface area contributed by atoms with Crippen LogP contribution in [0.1, 0.15) is 5.56 Å². The summed E-state index contributed by atoms with van der Waals surface area (Å²) in [5.41, 5.74) is 2.40. The number of hydrogen-bond donors (Lipinski definition) is 1. The van der Waals surface area contributed by atoms with Crippen LogP contribution in [0.25, 0.3) is 21.5 Å². The Morgan fingerprint density at radius 2 is 2.25 bits per heavy atom. The summed E-state index contributed by atoms with van der Waals surface area (Å²) in [6, 6.07) is 6.38. The topological polar surface area (TPSA) is 45.5 Å². The van der Waals surface area contributed by atoms with Crippen molar-refractivity contribution in [1.29, 1.82) is 0 Å². The number of H-pyrrole nitrogens is 1. The highest BCUT2D eigenvalue weighted by Crippen LogP contribution is 2.28. The van der Waals surface area contributed by atoms with Crippen LogP contribution in [0.15, 0.2) is 23.6 Å². The number of nitrogens with zero attached hydrogens (tertiary/aromatic N) is 3. The van der Waals surface area contributed by atoms with Gasteiger partial charge in [0.25, 0.3) is 0 Å². The summed E-state index contributed by atoms with van der Waals surface area (Å²) in [5.74, 6) is 0.854. The first-order valence-electron chi connectivity index (χ1n) is 5.01. The number of nitrogens with one attached hydrogen (secondary N) is 1. The monoisotopic (exact) mass is 231 g/mol. The molecule has 0 radical (unpaired) electrons. The Bertz CT molecular complexity index is 653. The zero-order valence-corrected chi connectivity index (χ0v) is 9.88. The van der Waals surface area contributed by atoms with Crippen molar-refractivity contribution in [1.82, 2.24) is 15.5 Å². The van der Waals surface area contributed by atoms with Crippen LogP contribution in [0.4, 0.5) is 0 Å². The maximum Gasteiger partial charge on any atom is 0.331 e. The molecule has 0 saturated heterocycles. The van der Waals surface area contributed by atoms with E-state index in [0.29, 0.717) is 0 Å². The van der Waals surface area contributed by atoms with Crippen LogP contribution in [0.5, 0.6) is 0 Å². The van der Waals surface area contributed by atoms with Crippen LogP contribution in [-0.2, 0) is 7.05 Å². The fraction of sp³-hybridized carbons (Fsp3) is 0.182. The number of aryl methyl sites for hydroxylation is 2. The molecule has 0 aliphatic heterocycles. The summed E-state index contributed by atoms with van der Waals surface area (Å²) >= 11 is 1.77. The van der Waals surface area contributed by atoms with Gasteiger partial charge < -0.3 is 0 Å². The minimum Gasteiger partial charge on any atom is -0.161 e. The number of aromatic amines is 1. The van der Waals surface area contributed by atoms with Gasteiger partial charge in [0, 0.05) is 4.70 Å². The number of fused-ring (bicyclic) bond motifs is 1. The van der Waals surface area contributed by atoms with Gasteiger partial charge in [-0.3, -0.25) is 0 Å². The third-order valence-corrected chi connectivity index (χ3v) is 3.76. The molecule has 2 aromatic heterocycles. The van der Waals surface area contributed by atoms with E-state index in [-0.39, 0.29) is 0 Å². The summed E-state index contributed by atoms with van der Waals surface area (Å²) in [7, 11) is 1.90. The van der Waals surface area contributed by atoms with Gasteiger partial charge in [-0.05, 0) is 41.5 Å². The van der Waals surface area contributed by atoms with Crippen LogP contribution >= 0.6 is 11.3 Å². The Hall–Kier alpha value is -1.75. The first kappa shape index (κ1) is 9.47. The lowest BCUT2D eigenvalue weighted by atomic mass is 10.1. The molecule has 1 aromatic carbocycles. The molecule has 0 spiro atoms. The van der Waals surface area contributed by atoms with Crippen molar-refractivity contribution in [3.05, 3.63) is 29.1 Å². The first-order chi connectivity index (χ1) is 7.75.